The third kappa shape index (κ3) is 4.90. The van der Waals surface area contributed by atoms with Crippen LogP contribution in [0.1, 0.15) is 20.3 Å². The molecule has 1 amide bonds. The Morgan fingerprint density at radius 3 is 2.68 bits per heavy atom. The highest BCUT2D eigenvalue weighted by Crippen LogP contribution is 2.06. The zero-order valence-electron chi connectivity index (χ0n) is 10.9. The summed E-state index contributed by atoms with van der Waals surface area (Å²) in [4.78, 5) is 37.3. The molecule has 7 nitrogen and oxygen atoms in total. The van der Waals surface area contributed by atoms with Gasteiger partial charge in [0.2, 0.25) is 5.91 Å². The number of hydrogen-bond acceptors (Lipinski definition) is 4. The quantitative estimate of drug-likeness (QED) is 0.747. The Morgan fingerprint density at radius 1 is 1.47 bits per heavy atom. The molecular weight excluding hydrogens is 250 g/mol. The summed E-state index contributed by atoms with van der Waals surface area (Å²) in [5.74, 6) is -1.39. The van der Waals surface area contributed by atoms with Crippen LogP contribution in [0.3, 0.4) is 0 Å². The Hall–Kier alpha value is -2.18. The molecule has 0 aliphatic heterocycles. The molecule has 1 unspecified atom stereocenters. The topological polar surface area (TPSA) is 101 Å². The van der Waals surface area contributed by atoms with Gasteiger partial charge in [-0.15, -0.1) is 0 Å². The van der Waals surface area contributed by atoms with Gasteiger partial charge in [0.1, 0.15) is 6.54 Å². The lowest BCUT2D eigenvalue weighted by Crippen LogP contribution is -2.42. The number of carboxylic acid groups (broad SMARTS) is 1. The first kappa shape index (κ1) is 14.9. The number of carboxylic acids is 1. The molecule has 0 saturated carbocycles. The first-order valence-corrected chi connectivity index (χ1v) is 5.92. The molecule has 1 rings (SSSR count). The molecule has 0 bridgehead atoms. The van der Waals surface area contributed by atoms with Crippen LogP contribution in [0.4, 0.5) is 0 Å². The Morgan fingerprint density at radius 2 is 2.16 bits per heavy atom. The molecule has 2 N–H and O–H groups in total. The van der Waals surface area contributed by atoms with Gasteiger partial charge in [-0.05, 0) is 12.0 Å². The fraction of sp³-hybridized carbons (Fsp3) is 0.500. The average molecular weight is 267 g/mol. The van der Waals surface area contributed by atoms with Crippen molar-refractivity contribution in [2.75, 3.05) is 0 Å². The zero-order valence-corrected chi connectivity index (χ0v) is 10.9. The van der Waals surface area contributed by atoms with E-state index in [0.717, 1.165) is 4.57 Å². The second-order valence-electron chi connectivity index (χ2n) is 4.55. The van der Waals surface area contributed by atoms with Gasteiger partial charge in [-0.1, -0.05) is 13.8 Å². The Kier molecular flexibility index (Phi) is 5.23. The molecule has 104 valence electrons. The average Bonchev–Trinajstić information content (AvgIpc) is 2.30. The van der Waals surface area contributed by atoms with Gasteiger partial charge in [-0.2, -0.15) is 0 Å². The molecule has 1 aromatic heterocycles. The number of rotatable bonds is 6. The van der Waals surface area contributed by atoms with E-state index in [1.54, 1.807) is 6.07 Å². The molecule has 0 radical (unpaired) electrons. The molecule has 19 heavy (non-hydrogen) atoms. The van der Waals surface area contributed by atoms with Gasteiger partial charge in [0, 0.05) is 18.4 Å². The second kappa shape index (κ2) is 6.67. The van der Waals surface area contributed by atoms with E-state index in [1.165, 1.54) is 12.4 Å². The van der Waals surface area contributed by atoms with Crippen LogP contribution in [0, 0.1) is 5.92 Å². The summed E-state index contributed by atoms with van der Waals surface area (Å²) >= 11 is 0. The van der Waals surface area contributed by atoms with E-state index in [1.807, 2.05) is 13.8 Å². The Balaban J connectivity index is 2.65. The molecule has 1 heterocycles. The summed E-state index contributed by atoms with van der Waals surface area (Å²) in [5.41, 5.74) is -0.517. The molecule has 0 fully saturated rings. The number of nitrogens with zero attached hydrogens (tertiary/aromatic N) is 2. The van der Waals surface area contributed by atoms with Crippen LogP contribution in [0.5, 0.6) is 0 Å². The zero-order chi connectivity index (χ0) is 14.4. The predicted molar refractivity (Wildman–Crippen MR) is 67.5 cm³/mol. The van der Waals surface area contributed by atoms with E-state index in [9.17, 15) is 14.4 Å². The third-order valence-electron chi connectivity index (χ3n) is 2.64. The number of hydrogen-bond donors (Lipinski definition) is 2. The number of amides is 1. The highest BCUT2D eigenvalue weighted by atomic mass is 16.4. The summed E-state index contributed by atoms with van der Waals surface area (Å²) in [7, 11) is 0. The predicted octanol–water partition coefficient (Wildman–Crippen LogP) is -0.141. The van der Waals surface area contributed by atoms with E-state index in [0.29, 0.717) is 0 Å². The standard InChI is InChI=1S/C12H17N3O4/c1-8(2)9(6-11(17)18)14-10(16)7-15-5-3-4-13-12(15)19/h3-5,8-9H,6-7H2,1-2H3,(H,14,16)(H,17,18). The summed E-state index contributed by atoms with van der Waals surface area (Å²) in [6.45, 7) is 3.48. The highest BCUT2D eigenvalue weighted by Gasteiger charge is 2.19. The van der Waals surface area contributed by atoms with E-state index < -0.39 is 23.6 Å². The highest BCUT2D eigenvalue weighted by molar-refractivity contribution is 5.77. The lowest BCUT2D eigenvalue weighted by molar-refractivity contribution is -0.138. The van der Waals surface area contributed by atoms with Gasteiger partial charge in [-0.25, -0.2) is 9.78 Å². The third-order valence-corrected chi connectivity index (χ3v) is 2.64. The van der Waals surface area contributed by atoms with Gasteiger partial charge in [0.05, 0.1) is 6.42 Å². The van der Waals surface area contributed by atoms with Crippen molar-refractivity contribution >= 4 is 11.9 Å². The first-order valence-electron chi connectivity index (χ1n) is 5.92. The number of aromatic nitrogens is 2. The minimum atomic E-state index is -0.974. The fourth-order valence-corrected chi connectivity index (χ4v) is 1.56. The van der Waals surface area contributed by atoms with Crippen LogP contribution in [-0.4, -0.2) is 32.6 Å². The maximum atomic E-state index is 11.8. The van der Waals surface area contributed by atoms with Crippen LogP contribution >= 0.6 is 0 Å². The van der Waals surface area contributed by atoms with Crippen molar-refractivity contribution in [1.82, 2.24) is 14.9 Å². The molecule has 1 atom stereocenters. The summed E-state index contributed by atoms with van der Waals surface area (Å²) in [6, 6.07) is 1.09. The summed E-state index contributed by atoms with van der Waals surface area (Å²) in [5, 5.41) is 11.4. The number of aliphatic carboxylic acids is 1. The Bertz CT molecular complexity index is 510. The van der Waals surface area contributed by atoms with E-state index in [-0.39, 0.29) is 18.9 Å². The Labute approximate surface area is 110 Å². The number of carbonyl (C=O) groups excluding carboxylic acids is 1. The molecule has 0 aliphatic rings. The molecular formula is C12H17N3O4. The fourth-order valence-electron chi connectivity index (χ4n) is 1.56. The molecule has 1 aromatic rings. The van der Waals surface area contributed by atoms with Crippen molar-refractivity contribution in [3.8, 4) is 0 Å². The van der Waals surface area contributed by atoms with Crippen molar-refractivity contribution < 1.29 is 14.7 Å². The largest absolute Gasteiger partial charge is 0.481 e. The number of nitrogens with one attached hydrogen (secondary N) is 1. The van der Waals surface area contributed by atoms with Gasteiger partial charge in [-0.3, -0.25) is 14.2 Å². The van der Waals surface area contributed by atoms with Gasteiger partial charge in [0.15, 0.2) is 0 Å². The lowest BCUT2D eigenvalue weighted by Gasteiger charge is -2.20. The van der Waals surface area contributed by atoms with Gasteiger partial charge >= 0.3 is 11.7 Å². The molecule has 0 saturated heterocycles. The van der Waals surface area contributed by atoms with Crippen LogP contribution in [0.2, 0.25) is 0 Å². The number of carbonyl (C=O) groups is 2. The monoisotopic (exact) mass is 267 g/mol. The molecule has 7 heteroatoms. The molecule has 0 aromatic carbocycles. The summed E-state index contributed by atoms with van der Waals surface area (Å²) < 4.78 is 1.16. The van der Waals surface area contributed by atoms with E-state index in [4.69, 9.17) is 5.11 Å². The van der Waals surface area contributed by atoms with Gasteiger partial charge < -0.3 is 10.4 Å². The van der Waals surface area contributed by atoms with Crippen LogP contribution in [0.15, 0.2) is 23.3 Å². The summed E-state index contributed by atoms with van der Waals surface area (Å²) in [6.07, 6.45) is 2.65. The van der Waals surface area contributed by atoms with Crippen molar-refractivity contribution in [3.05, 3.63) is 28.9 Å². The minimum absolute atomic E-state index is 0.00864. The van der Waals surface area contributed by atoms with Crippen molar-refractivity contribution in [2.24, 2.45) is 5.92 Å². The molecule has 0 spiro atoms. The normalized spacial score (nSPS) is 12.2. The van der Waals surface area contributed by atoms with E-state index in [2.05, 4.69) is 10.3 Å². The van der Waals surface area contributed by atoms with Crippen molar-refractivity contribution in [1.29, 1.82) is 0 Å². The smallest absolute Gasteiger partial charge is 0.347 e. The maximum Gasteiger partial charge on any atom is 0.347 e. The second-order valence-corrected chi connectivity index (χ2v) is 4.55. The molecule has 0 aliphatic carbocycles. The minimum Gasteiger partial charge on any atom is -0.481 e. The maximum absolute atomic E-state index is 11.8. The van der Waals surface area contributed by atoms with Crippen molar-refractivity contribution in [3.63, 3.8) is 0 Å². The van der Waals surface area contributed by atoms with Crippen molar-refractivity contribution in [2.45, 2.75) is 32.9 Å². The van der Waals surface area contributed by atoms with Crippen LogP contribution < -0.4 is 11.0 Å². The lowest BCUT2D eigenvalue weighted by atomic mass is 10.0. The van der Waals surface area contributed by atoms with Crippen LogP contribution in [0.25, 0.3) is 0 Å². The van der Waals surface area contributed by atoms with Crippen LogP contribution in [-0.2, 0) is 16.1 Å². The van der Waals surface area contributed by atoms with E-state index >= 15 is 0 Å². The van der Waals surface area contributed by atoms with Gasteiger partial charge in [0.25, 0.3) is 0 Å². The first-order chi connectivity index (χ1) is 8.90. The SMILES string of the molecule is CC(C)C(CC(=O)O)NC(=O)Cn1cccnc1=O.